The van der Waals surface area contributed by atoms with Crippen LogP contribution in [0.25, 0.3) is 10.9 Å². The third-order valence-electron chi connectivity index (χ3n) is 7.20. The molecule has 3 aliphatic carbocycles. The first-order chi connectivity index (χ1) is 18.6. The Morgan fingerprint density at radius 1 is 1.03 bits per heavy atom. The minimum absolute atomic E-state index is 0.0112. The van der Waals surface area contributed by atoms with Crippen molar-refractivity contribution in [2.24, 2.45) is 9.50 Å². The number of anilines is 4. The zero-order valence-corrected chi connectivity index (χ0v) is 22.1. The molecule has 0 spiro atoms. The average molecular weight is 538 g/mol. The molecule has 5 N–H and O–H groups in total. The van der Waals surface area contributed by atoms with E-state index in [4.69, 9.17) is 5.14 Å². The Morgan fingerprint density at radius 3 is 2.49 bits per heavy atom. The van der Waals surface area contributed by atoms with Crippen LogP contribution in [0.3, 0.4) is 0 Å². The van der Waals surface area contributed by atoms with Crippen LogP contribution in [-0.4, -0.2) is 32.4 Å². The highest BCUT2D eigenvalue weighted by Crippen LogP contribution is 2.64. The normalized spacial score (nSPS) is 22.4. The topological polar surface area (TPSA) is 145 Å². The fourth-order valence-electron chi connectivity index (χ4n) is 5.71. The van der Waals surface area contributed by atoms with Crippen LogP contribution in [0.1, 0.15) is 35.2 Å². The number of amides is 1. The molecule has 1 unspecified atom stereocenters. The molecule has 39 heavy (non-hydrogen) atoms. The lowest BCUT2D eigenvalue weighted by atomic mass is 9.44. The first-order valence-corrected chi connectivity index (χ1v) is 14.5. The van der Waals surface area contributed by atoms with Crippen LogP contribution < -0.4 is 21.1 Å². The Bertz CT molecular complexity index is 1760. The molecule has 1 atom stereocenters. The van der Waals surface area contributed by atoms with Crippen molar-refractivity contribution in [1.29, 1.82) is 5.26 Å². The van der Waals surface area contributed by atoms with E-state index in [1.165, 1.54) is 6.26 Å². The zero-order chi connectivity index (χ0) is 27.3. The second kappa shape index (κ2) is 9.08. The van der Waals surface area contributed by atoms with Gasteiger partial charge in [-0.25, -0.2) is 13.7 Å². The van der Waals surface area contributed by atoms with Gasteiger partial charge in [0.2, 0.25) is 0 Å². The van der Waals surface area contributed by atoms with Gasteiger partial charge < -0.3 is 16.0 Å². The first kappa shape index (κ1) is 24.9. The van der Waals surface area contributed by atoms with Crippen LogP contribution in [0, 0.1) is 11.3 Å². The Morgan fingerprint density at radius 2 is 1.77 bits per heavy atom. The van der Waals surface area contributed by atoms with Gasteiger partial charge in [0.15, 0.2) is 0 Å². The Kier molecular flexibility index (Phi) is 5.79. The molecule has 7 rings (SSSR count). The Hall–Kier alpha value is -4.46. The number of pyridine rings is 1. The van der Waals surface area contributed by atoms with Crippen LogP contribution in [0.5, 0.6) is 0 Å². The predicted molar refractivity (Wildman–Crippen MR) is 154 cm³/mol. The molecule has 10 heteroatoms. The number of hydrogen-bond donors (Lipinski definition) is 4. The van der Waals surface area contributed by atoms with Crippen molar-refractivity contribution in [3.63, 3.8) is 0 Å². The van der Waals surface area contributed by atoms with Crippen molar-refractivity contribution >= 4 is 49.5 Å². The number of nitriles is 1. The number of carbonyl (C=O) groups is 1. The van der Waals surface area contributed by atoms with Crippen LogP contribution in [0.15, 0.2) is 83.4 Å². The number of nitrogens with two attached hydrogens (primary N) is 1. The highest BCUT2D eigenvalue weighted by atomic mass is 32.2. The highest BCUT2D eigenvalue weighted by molar-refractivity contribution is 7.90. The maximum Gasteiger partial charge on any atom is 0.255 e. The highest BCUT2D eigenvalue weighted by Gasteiger charge is 2.69. The van der Waals surface area contributed by atoms with E-state index in [0.29, 0.717) is 16.8 Å². The monoisotopic (exact) mass is 537 g/mol. The molecule has 1 heterocycles. The van der Waals surface area contributed by atoms with E-state index in [0.717, 1.165) is 47.2 Å². The summed E-state index contributed by atoms with van der Waals surface area (Å²) in [4.78, 5) is 17.4. The summed E-state index contributed by atoms with van der Waals surface area (Å²) in [6.45, 7) is 0. The summed E-state index contributed by atoms with van der Waals surface area (Å²) in [7, 11) is -2.58. The van der Waals surface area contributed by atoms with Gasteiger partial charge in [0.25, 0.3) is 5.91 Å². The fraction of sp³-hybridized carbons (Fsp3) is 0.207. The zero-order valence-electron chi connectivity index (χ0n) is 21.3. The minimum atomic E-state index is -2.58. The van der Waals surface area contributed by atoms with Gasteiger partial charge in [0.05, 0.1) is 22.7 Å². The number of benzene rings is 3. The molecule has 0 radical (unpaired) electrons. The van der Waals surface area contributed by atoms with Crippen molar-refractivity contribution in [3.05, 3.63) is 90.1 Å². The van der Waals surface area contributed by atoms with E-state index in [2.05, 4.69) is 31.4 Å². The van der Waals surface area contributed by atoms with Crippen molar-refractivity contribution in [3.8, 4) is 6.07 Å². The summed E-state index contributed by atoms with van der Waals surface area (Å²) in [5, 5.41) is 25.6. The molecule has 4 aromatic rings. The molecule has 9 nitrogen and oxygen atoms in total. The largest absolute Gasteiger partial charge is 0.379 e. The number of rotatable bonds is 7. The van der Waals surface area contributed by atoms with Crippen LogP contribution in [-0.2, 0) is 9.92 Å². The maximum absolute atomic E-state index is 13.0. The first-order valence-electron chi connectivity index (χ1n) is 12.5. The number of carbonyl (C=O) groups excluding carboxylic acids is 1. The molecule has 0 aliphatic heterocycles. The van der Waals surface area contributed by atoms with E-state index in [9.17, 15) is 14.3 Å². The third-order valence-corrected chi connectivity index (χ3v) is 7.95. The van der Waals surface area contributed by atoms with E-state index in [-0.39, 0.29) is 17.0 Å². The van der Waals surface area contributed by atoms with Gasteiger partial charge in [-0.3, -0.25) is 9.78 Å². The number of nitrogens with one attached hydrogen (secondary N) is 3. The van der Waals surface area contributed by atoms with Crippen molar-refractivity contribution in [2.75, 3.05) is 22.2 Å². The van der Waals surface area contributed by atoms with E-state index in [1.54, 1.807) is 30.5 Å². The fourth-order valence-corrected chi connectivity index (χ4v) is 6.68. The summed E-state index contributed by atoms with van der Waals surface area (Å²) in [5.41, 5.74) is 4.78. The SMILES string of the molecule is CS(N)(=O)=NC12CC(Nc3ccc(NC(=O)c4cccc(Nc5ccnc6ccc(C#N)cc56)c4)cc3)(C1)C2. The van der Waals surface area contributed by atoms with Gasteiger partial charge in [0, 0.05) is 51.7 Å². The van der Waals surface area contributed by atoms with Gasteiger partial charge in [-0.2, -0.15) is 5.26 Å². The quantitative estimate of drug-likeness (QED) is 0.256. The average Bonchev–Trinajstić information content (AvgIpc) is 2.87. The third kappa shape index (κ3) is 5.02. The van der Waals surface area contributed by atoms with Gasteiger partial charge in [0.1, 0.15) is 9.92 Å². The summed E-state index contributed by atoms with van der Waals surface area (Å²) in [6.07, 6.45) is 5.68. The van der Waals surface area contributed by atoms with Crippen molar-refractivity contribution in [1.82, 2.24) is 4.98 Å². The lowest BCUT2D eigenvalue weighted by Crippen LogP contribution is -2.74. The predicted octanol–water partition coefficient (Wildman–Crippen LogP) is 5.16. The molecule has 3 aromatic carbocycles. The van der Waals surface area contributed by atoms with Crippen molar-refractivity contribution in [2.45, 2.75) is 30.3 Å². The van der Waals surface area contributed by atoms with Crippen LogP contribution >= 0.6 is 0 Å². The molecule has 196 valence electrons. The lowest BCUT2D eigenvalue weighted by molar-refractivity contribution is -0.0280. The smallest absolute Gasteiger partial charge is 0.255 e. The Balaban J connectivity index is 1.10. The second-order valence-corrected chi connectivity index (χ2v) is 12.5. The molecule has 3 saturated carbocycles. The van der Waals surface area contributed by atoms with Crippen LogP contribution in [0.2, 0.25) is 0 Å². The summed E-state index contributed by atoms with van der Waals surface area (Å²) in [6, 6.07) is 24.2. The molecule has 3 aliphatic rings. The number of fused-ring (bicyclic) bond motifs is 1. The molecular weight excluding hydrogens is 510 g/mol. The van der Waals surface area contributed by atoms with Gasteiger partial charge in [-0.15, -0.1) is 0 Å². The maximum atomic E-state index is 13.0. The molecule has 0 saturated heterocycles. The molecular formula is C29H27N7O2S. The standard InChI is InChI=1S/C29H27N7O2S/c1-39(31,38)36-29-16-28(17-29,18-29)35-22-8-6-21(7-9-22)34-27(37)20-3-2-4-23(14-20)33-26-11-12-32-25-10-5-19(15-30)13-24(25)26/h2-14,35H,16-18H2,1H3,(H,32,33)(H,34,37)(H2,31,36,38). The van der Waals surface area contributed by atoms with Gasteiger partial charge in [-0.05, 0) is 86.0 Å². The van der Waals surface area contributed by atoms with E-state index < -0.39 is 9.92 Å². The number of hydrogen-bond acceptors (Lipinski definition) is 7. The van der Waals surface area contributed by atoms with Gasteiger partial charge >= 0.3 is 0 Å². The molecule has 3 fully saturated rings. The molecule has 1 aromatic heterocycles. The minimum Gasteiger partial charge on any atom is -0.379 e. The van der Waals surface area contributed by atoms with Gasteiger partial charge in [-0.1, -0.05) is 6.07 Å². The molecule has 2 bridgehead atoms. The molecule has 1 amide bonds. The summed E-state index contributed by atoms with van der Waals surface area (Å²) < 4.78 is 16.1. The van der Waals surface area contributed by atoms with Crippen molar-refractivity contribution < 1.29 is 9.00 Å². The van der Waals surface area contributed by atoms with E-state index in [1.807, 2.05) is 48.5 Å². The summed E-state index contributed by atoms with van der Waals surface area (Å²) >= 11 is 0. The number of aromatic nitrogens is 1. The van der Waals surface area contributed by atoms with E-state index >= 15 is 0 Å². The second-order valence-electron chi connectivity index (χ2n) is 10.6. The Labute approximate surface area is 226 Å². The number of nitrogens with zero attached hydrogens (tertiary/aromatic N) is 3. The lowest BCUT2D eigenvalue weighted by Gasteiger charge is -2.68. The van der Waals surface area contributed by atoms with Crippen LogP contribution in [0.4, 0.5) is 22.7 Å². The summed E-state index contributed by atoms with van der Waals surface area (Å²) in [5.74, 6) is -0.223.